The monoisotopic (exact) mass is 191 g/mol. The molecule has 0 radical (unpaired) electrons. The van der Waals surface area contributed by atoms with Gasteiger partial charge in [-0.1, -0.05) is 26.0 Å². The van der Waals surface area contributed by atoms with E-state index in [9.17, 15) is 9.90 Å². The molecule has 0 aromatic heterocycles. The van der Waals surface area contributed by atoms with Crippen molar-refractivity contribution in [2.45, 2.75) is 19.6 Å². The third-order valence-corrected chi connectivity index (χ3v) is 2.68. The lowest BCUT2D eigenvalue weighted by Gasteiger charge is -2.25. The molecule has 1 aliphatic heterocycles. The molecule has 3 nitrogen and oxygen atoms in total. The normalized spacial score (nSPS) is 25.0. The van der Waals surface area contributed by atoms with E-state index in [1.807, 2.05) is 19.9 Å². The van der Waals surface area contributed by atoms with Crippen LogP contribution in [0.5, 0.6) is 0 Å². The topological polar surface area (TPSA) is 49.3 Å². The molecule has 1 atom stereocenters. The van der Waals surface area contributed by atoms with Crippen molar-refractivity contribution in [3.8, 4) is 0 Å². The first-order chi connectivity index (χ1) is 6.55. The molecule has 2 rings (SSSR count). The second kappa shape index (κ2) is 2.82. The van der Waals surface area contributed by atoms with Gasteiger partial charge in [0.15, 0.2) is 0 Å². The number of hydrogen-bond donors (Lipinski definition) is 2. The van der Waals surface area contributed by atoms with Crippen LogP contribution in [0, 0.1) is 5.92 Å². The molecule has 0 fully saturated rings. The molecular formula is C11H13NO2. The van der Waals surface area contributed by atoms with Gasteiger partial charge in [-0.15, -0.1) is 0 Å². The molecule has 1 aliphatic rings. The average Bonchev–Trinajstić information content (AvgIpc) is 2.42. The van der Waals surface area contributed by atoms with Crippen molar-refractivity contribution < 1.29 is 9.90 Å². The van der Waals surface area contributed by atoms with Crippen molar-refractivity contribution in [3.05, 3.63) is 29.8 Å². The first kappa shape index (κ1) is 9.21. The van der Waals surface area contributed by atoms with Crippen molar-refractivity contribution in [2.75, 3.05) is 5.32 Å². The van der Waals surface area contributed by atoms with Gasteiger partial charge in [-0.25, -0.2) is 0 Å². The number of fused-ring (bicyclic) bond motifs is 1. The van der Waals surface area contributed by atoms with E-state index in [0.717, 1.165) is 0 Å². The molecule has 2 N–H and O–H groups in total. The standard InChI is InChI=1S/C11H13NO2/c1-7(2)11(14)10(13)8-5-3-4-6-9(8)12-11/h3-7,12,14H,1-2H3. The fourth-order valence-corrected chi connectivity index (χ4v) is 1.66. The number of nitrogens with one attached hydrogen (secondary N) is 1. The molecule has 1 aromatic rings. The zero-order valence-corrected chi connectivity index (χ0v) is 8.24. The van der Waals surface area contributed by atoms with Crippen LogP contribution in [0.25, 0.3) is 0 Å². The summed E-state index contributed by atoms with van der Waals surface area (Å²) in [5, 5.41) is 13.0. The molecule has 0 bridgehead atoms. The molecule has 0 spiro atoms. The Kier molecular flexibility index (Phi) is 1.86. The van der Waals surface area contributed by atoms with Gasteiger partial charge in [0, 0.05) is 17.2 Å². The largest absolute Gasteiger partial charge is 0.364 e. The molecule has 1 heterocycles. The Balaban J connectivity index is 2.49. The molecule has 74 valence electrons. The lowest BCUT2D eigenvalue weighted by Crippen LogP contribution is -2.46. The van der Waals surface area contributed by atoms with Crippen LogP contribution in [0.3, 0.4) is 0 Å². The van der Waals surface area contributed by atoms with Crippen molar-refractivity contribution in [1.82, 2.24) is 0 Å². The van der Waals surface area contributed by atoms with Gasteiger partial charge in [0.2, 0.25) is 11.5 Å². The Morgan fingerprint density at radius 2 is 2.00 bits per heavy atom. The van der Waals surface area contributed by atoms with Gasteiger partial charge in [0.05, 0.1) is 0 Å². The van der Waals surface area contributed by atoms with Crippen LogP contribution >= 0.6 is 0 Å². The molecule has 1 unspecified atom stereocenters. The summed E-state index contributed by atoms with van der Waals surface area (Å²) in [5.41, 5.74) is -0.138. The predicted octanol–water partition coefficient (Wildman–Crippen LogP) is 1.64. The fourth-order valence-electron chi connectivity index (χ4n) is 1.66. The lowest BCUT2D eigenvalue weighted by atomic mass is 9.95. The molecule has 0 saturated carbocycles. The molecule has 0 saturated heterocycles. The van der Waals surface area contributed by atoms with E-state index in [0.29, 0.717) is 11.3 Å². The third-order valence-electron chi connectivity index (χ3n) is 2.68. The van der Waals surface area contributed by atoms with Crippen LogP contribution in [0.4, 0.5) is 5.69 Å². The lowest BCUT2D eigenvalue weighted by molar-refractivity contribution is 0.0268. The minimum Gasteiger partial charge on any atom is -0.364 e. The zero-order valence-electron chi connectivity index (χ0n) is 8.24. The molecule has 1 aromatic carbocycles. The highest BCUT2D eigenvalue weighted by molar-refractivity contribution is 6.12. The number of rotatable bonds is 1. The molecule has 14 heavy (non-hydrogen) atoms. The summed E-state index contributed by atoms with van der Waals surface area (Å²) in [6, 6.07) is 7.16. The average molecular weight is 191 g/mol. The van der Waals surface area contributed by atoms with Gasteiger partial charge in [-0.3, -0.25) is 4.79 Å². The van der Waals surface area contributed by atoms with Crippen LogP contribution in [0.1, 0.15) is 24.2 Å². The van der Waals surface area contributed by atoms with E-state index in [-0.39, 0.29) is 11.7 Å². The molecule has 3 heteroatoms. The van der Waals surface area contributed by atoms with Gasteiger partial charge in [0.25, 0.3) is 0 Å². The molecule has 0 aliphatic carbocycles. The number of hydrogen-bond acceptors (Lipinski definition) is 3. The second-order valence-corrected chi connectivity index (χ2v) is 3.92. The first-order valence-corrected chi connectivity index (χ1v) is 4.70. The maximum absolute atomic E-state index is 11.8. The minimum atomic E-state index is -1.43. The third kappa shape index (κ3) is 1.06. The van der Waals surface area contributed by atoms with E-state index in [1.165, 1.54) is 0 Å². The maximum Gasteiger partial charge on any atom is 0.217 e. The smallest absolute Gasteiger partial charge is 0.217 e. The number of carbonyl (C=O) groups excluding carboxylic acids is 1. The first-order valence-electron chi connectivity index (χ1n) is 4.70. The van der Waals surface area contributed by atoms with Gasteiger partial charge < -0.3 is 10.4 Å². The summed E-state index contributed by atoms with van der Waals surface area (Å²) in [4.78, 5) is 11.8. The molecular weight excluding hydrogens is 178 g/mol. The highest BCUT2D eigenvalue weighted by Crippen LogP contribution is 2.34. The highest BCUT2D eigenvalue weighted by Gasteiger charge is 2.45. The van der Waals surface area contributed by atoms with Crippen LogP contribution < -0.4 is 5.32 Å². The predicted molar refractivity (Wildman–Crippen MR) is 54.2 cm³/mol. The van der Waals surface area contributed by atoms with Gasteiger partial charge in [-0.2, -0.15) is 0 Å². The number of para-hydroxylation sites is 1. The Bertz CT molecular complexity index is 387. The quantitative estimate of drug-likeness (QED) is 0.709. The van der Waals surface area contributed by atoms with E-state index >= 15 is 0 Å². The minimum absolute atomic E-state index is 0.151. The summed E-state index contributed by atoms with van der Waals surface area (Å²) < 4.78 is 0. The Labute approximate surface area is 82.8 Å². The summed E-state index contributed by atoms with van der Waals surface area (Å²) >= 11 is 0. The van der Waals surface area contributed by atoms with Gasteiger partial charge >= 0.3 is 0 Å². The van der Waals surface area contributed by atoms with Crippen LogP contribution in [0.15, 0.2) is 24.3 Å². The Hall–Kier alpha value is -1.35. The number of anilines is 1. The molecule has 0 amide bonds. The number of ketones is 1. The van der Waals surface area contributed by atoms with Crippen molar-refractivity contribution in [1.29, 1.82) is 0 Å². The van der Waals surface area contributed by atoms with E-state index in [2.05, 4.69) is 5.32 Å². The number of aliphatic hydroxyl groups is 1. The van der Waals surface area contributed by atoms with E-state index in [4.69, 9.17) is 0 Å². The van der Waals surface area contributed by atoms with Gasteiger partial charge in [-0.05, 0) is 12.1 Å². The SMILES string of the molecule is CC(C)C1(O)Nc2ccccc2C1=O. The van der Waals surface area contributed by atoms with Gasteiger partial charge in [0.1, 0.15) is 0 Å². The Morgan fingerprint density at radius 3 is 2.57 bits per heavy atom. The van der Waals surface area contributed by atoms with E-state index < -0.39 is 5.72 Å². The Morgan fingerprint density at radius 1 is 1.36 bits per heavy atom. The summed E-state index contributed by atoms with van der Waals surface area (Å²) in [7, 11) is 0. The maximum atomic E-state index is 11.8. The second-order valence-electron chi connectivity index (χ2n) is 3.92. The van der Waals surface area contributed by atoms with Crippen molar-refractivity contribution in [2.24, 2.45) is 5.92 Å². The van der Waals surface area contributed by atoms with Crippen LogP contribution in [-0.2, 0) is 0 Å². The van der Waals surface area contributed by atoms with Crippen molar-refractivity contribution in [3.63, 3.8) is 0 Å². The number of Topliss-reactive ketones (excluding diaryl/α,β-unsaturated/α-hetero) is 1. The summed E-state index contributed by atoms with van der Waals surface area (Å²) in [6.07, 6.45) is 0. The van der Waals surface area contributed by atoms with Crippen molar-refractivity contribution >= 4 is 11.5 Å². The highest BCUT2D eigenvalue weighted by atomic mass is 16.3. The number of carbonyl (C=O) groups is 1. The van der Waals surface area contributed by atoms with Crippen LogP contribution in [-0.4, -0.2) is 16.6 Å². The van der Waals surface area contributed by atoms with E-state index in [1.54, 1.807) is 18.2 Å². The zero-order chi connectivity index (χ0) is 10.3. The number of benzene rings is 1. The van der Waals surface area contributed by atoms with Crippen LogP contribution in [0.2, 0.25) is 0 Å². The fraction of sp³-hybridized carbons (Fsp3) is 0.364. The summed E-state index contributed by atoms with van der Waals surface area (Å²) in [6.45, 7) is 3.63. The summed E-state index contributed by atoms with van der Waals surface area (Å²) in [5.74, 6) is -0.384.